The topological polar surface area (TPSA) is 406 Å². The number of fused-ring (bicyclic) bond motifs is 1. The van der Waals surface area contributed by atoms with Crippen LogP contribution in [0.5, 0.6) is 0 Å². The number of hydrogen-bond acceptors (Lipinski definition) is 22. The van der Waals surface area contributed by atoms with Gasteiger partial charge in [0.25, 0.3) is 5.56 Å². The lowest BCUT2D eigenvalue weighted by atomic mass is 10.1. The van der Waals surface area contributed by atoms with E-state index in [1.165, 1.54) is 30.1 Å². The van der Waals surface area contributed by atoms with E-state index in [1.807, 2.05) is 0 Å². The Hall–Kier alpha value is -4.35. The molecule has 59 heavy (non-hydrogen) atoms. The average molecular weight is 877 g/mol. The fourth-order valence-corrected chi connectivity index (χ4v) is 8.58. The maximum absolute atomic E-state index is 13.3. The smallest absolute Gasteiger partial charge is 0.394 e. The number of aromatic amines is 1. The van der Waals surface area contributed by atoms with Crippen LogP contribution >= 0.6 is 15.6 Å². The van der Waals surface area contributed by atoms with Gasteiger partial charge in [-0.3, -0.25) is 41.6 Å². The number of rotatable bonds is 14. The highest BCUT2D eigenvalue weighted by atomic mass is 31.2. The molecule has 0 spiro atoms. The average Bonchev–Trinajstić information content (AvgIpc) is 3.92. The van der Waals surface area contributed by atoms with Gasteiger partial charge in [-0.15, -0.1) is 0 Å². The molecule has 7 heterocycles. The molecule has 30 heteroatoms. The number of nitrogens with one attached hydrogen (secondary N) is 1. The molecule has 2 unspecified atom stereocenters. The number of aliphatic hydroxyl groups is 4. The van der Waals surface area contributed by atoms with Crippen LogP contribution in [0.25, 0.3) is 11.2 Å². The molecule has 7 rings (SSSR count). The van der Waals surface area contributed by atoms with E-state index in [4.69, 9.17) is 43.8 Å². The van der Waals surface area contributed by atoms with Crippen molar-refractivity contribution in [1.29, 1.82) is 0 Å². The Kier molecular flexibility index (Phi) is 12.0. The van der Waals surface area contributed by atoms with Gasteiger partial charge in [0.15, 0.2) is 23.9 Å². The Balaban J connectivity index is 1.05. The van der Waals surface area contributed by atoms with Crippen molar-refractivity contribution in [3.05, 3.63) is 68.0 Å². The number of hydrogen-bond donors (Lipinski definition) is 9. The van der Waals surface area contributed by atoms with Crippen molar-refractivity contribution in [2.24, 2.45) is 0 Å². The third kappa shape index (κ3) is 8.78. The molecule has 0 aromatic carbocycles. The lowest BCUT2D eigenvalue weighted by Gasteiger charge is -2.25. The lowest BCUT2D eigenvalue weighted by molar-refractivity contribution is -0.0629. The predicted octanol–water partition coefficient (Wildman–Crippen LogP) is -3.73. The van der Waals surface area contributed by atoms with Crippen molar-refractivity contribution in [3.8, 4) is 0 Å². The van der Waals surface area contributed by atoms with Crippen LogP contribution in [0.1, 0.15) is 30.7 Å². The van der Waals surface area contributed by atoms with Gasteiger partial charge in [0, 0.05) is 24.4 Å². The minimum absolute atomic E-state index is 0.0134. The van der Waals surface area contributed by atoms with Crippen molar-refractivity contribution in [3.63, 3.8) is 0 Å². The highest BCUT2D eigenvalue weighted by molar-refractivity contribution is 7.47. The zero-order valence-electron chi connectivity index (χ0n) is 30.3. The molecular weight excluding hydrogens is 838 g/mol. The van der Waals surface area contributed by atoms with Crippen LogP contribution in [0.2, 0.25) is 0 Å². The van der Waals surface area contributed by atoms with E-state index < -0.39 is 120 Å². The molecule has 3 saturated heterocycles. The van der Waals surface area contributed by atoms with Gasteiger partial charge < -0.3 is 55.9 Å². The first-order valence-electron chi connectivity index (χ1n) is 17.4. The first kappa shape index (κ1) is 42.8. The minimum Gasteiger partial charge on any atom is -0.394 e. The van der Waals surface area contributed by atoms with E-state index in [2.05, 4.69) is 24.9 Å². The normalized spacial score (nSPS) is 31.7. The number of H-pyrrole nitrogens is 1. The molecule has 11 N–H and O–H groups in total. The molecule has 0 bridgehead atoms. The van der Waals surface area contributed by atoms with Crippen molar-refractivity contribution >= 4 is 38.4 Å². The van der Waals surface area contributed by atoms with Gasteiger partial charge >= 0.3 is 27.0 Å². The van der Waals surface area contributed by atoms with E-state index in [-0.39, 0.29) is 34.8 Å². The Morgan fingerprint density at radius 3 is 2.17 bits per heavy atom. The highest BCUT2D eigenvalue weighted by Crippen LogP contribution is 2.52. The van der Waals surface area contributed by atoms with Crippen molar-refractivity contribution in [1.82, 2.24) is 38.6 Å². The number of phosphoric acid groups is 2. The fraction of sp³-hybridized carbons (Fsp3) is 0.552. The van der Waals surface area contributed by atoms with E-state index in [9.17, 15) is 53.7 Å². The molecule has 28 nitrogen and oxygen atoms in total. The summed E-state index contributed by atoms with van der Waals surface area (Å²) in [6.45, 7) is -1.25. The minimum atomic E-state index is -5.31. The molecule has 4 aromatic heterocycles. The molecule has 4 aromatic rings. The van der Waals surface area contributed by atoms with Crippen LogP contribution in [0, 0.1) is 6.92 Å². The predicted molar refractivity (Wildman–Crippen MR) is 191 cm³/mol. The maximum atomic E-state index is 13.3. The number of imidazole rings is 1. The monoisotopic (exact) mass is 876 g/mol. The molecule has 13 atom stereocenters. The van der Waals surface area contributed by atoms with Gasteiger partial charge in [0.05, 0.1) is 32.3 Å². The molecule has 0 aliphatic carbocycles. The molecule has 0 saturated carbocycles. The van der Waals surface area contributed by atoms with Crippen LogP contribution < -0.4 is 28.4 Å². The summed E-state index contributed by atoms with van der Waals surface area (Å²) in [5.41, 5.74) is 9.33. The van der Waals surface area contributed by atoms with Gasteiger partial charge in [-0.25, -0.2) is 33.7 Å². The third-order valence-electron chi connectivity index (χ3n) is 9.56. The Morgan fingerprint density at radius 1 is 0.881 bits per heavy atom. The van der Waals surface area contributed by atoms with E-state index in [0.29, 0.717) is 0 Å². The standard InChI is InChI=1S/C29H38N10O18P2/c1-11-5-38(29(46)36-25(11)44)17-4-12(41)14(53-17)7-51-58(47,48)57-22-15(55-26(20(22)43)37-3-2-16(30)35-28(37)45)8-52-59(49,50)56-21-13(6-40)54-27(19(21)42)39-10-34-18-23(31)32-9-33-24(18)39/h2-3,5,9-10,12-15,17,19-22,26-27,40-43H,4,6-8H2,1H3,(H,47,48)(H,49,50)(H2,30,35,45)(H2,31,32,33)(H,36,44,46)/t12-,13+,14+,15+,17+,19+,20+,21+,22+,26+,27+/m0/s1. The molecule has 322 valence electrons. The number of nitrogens with two attached hydrogens (primary N) is 2. The quantitative estimate of drug-likeness (QED) is 0.0550. The second kappa shape index (κ2) is 16.6. The maximum Gasteiger partial charge on any atom is 0.472 e. The number of aliphatic hydroxyl groups excluding tert-OH is 4. The number of ether oxygens (including phenoxy) is 3. The summed E-state index contributed by atoms with van der Waals surface area (Å²) in [5.74, 6) is -0.184. The van der Waals surface area contributed by atoms with E-state index >= 15 is 0 Å². The first-order valence-corrected chi connectivity index (χ1v) is 20.4. The van der Waals surface area contributed by atoms with Gasteiger partial charge in [-0.2, -0.15) is 4.98 Å². The largest absolute Gasteiger partial charge is 0.472 e. The first-order chi connectivity index (χ1) is 27.9. The molecule has 0 radical (unpaired) electrons. The summed E-state index contributed by atoms with van der Waals surface area (Å²) < 4.78 is 67.3. The molecule has 3 aliphatic heterocycles. The third-order valence-corrected chi connectivity index (χ3v) is 11.5. The van der Waals surface area contributed by atoms with Crippen molar-refractivity contribution < 1.29 is 71.6 Å². The fourth-order valence-electron chi connectivity index (χ4n) is 6.66. The van der Waals surface area contributed by atoms with Gasteiger partial charge in [-0.1, -0.05) is 0 Å². The summed E-state index contributed by atoms with van der Waals surface area (Å²) in [5, 5.41) is 42.9. The van der Waals surface area contributed by atoms with E-state index in [0.717, 1.165) is 21.7 Å². The summed E-state index contributed by atoms with van der Waals surface area (Å²) in [6.07, 6.45) is -13.0. The van der Waals surface area contributed by atoms with Crippen LogP contribution in [-0.4, -0.2) is 137 Å². The van der Waals surface area contributed by atoms with Gasteiger partial charge in [0.1, 0.15) is 66.6 Å². The van der Waals surface area contributed by atoms with Gasteiger partial charge in [0.2, 0.25) is 0 Å². The Labute approximate surface area is 328 Å². The Morgan fingerprint density at radius 2 is 1.51 bits per heavy atom. The highest BCUT2D eigenvalue weighted by Gasteiger charge is 2.52. The summed E-state index contributed by atoms with van der Waals surface area (Å²) in [6, 6.07) is 1.17. The SMILES string of the molecule is Cc1cn([C@H]2C[C@H](O)[C@@H](COP(=O)(O)O[C@H]3[C@@H](O)[C@H](n4ccc(N)nc4=O)O[C@@H]3COP(=O)(O)O[C@H]3[C@@H](O)[C@H](n4cnc5c(N)ncnc54)O[C@@H]3CO)O2)c(=O)[nH]c1=O. The number of nitrogens with zero attached hydrogens (tertiary/aromatic N) is 7. The van der Waals surface area contributed by atoms with Crippen LogP contribution in [0.3, 0.4) is 0 Å². The van der Waals surface area contributed by atoms with Crippen molar-refractivity contribution in [2.45, 2.75) is 80.9 Å². The number of phosphoric ester groups is 2. The van der Waals surface area contributed by atoms with Crippen LogP contribution in [0.4, 0.5) is 11.6 Å². The number of nitrogen functional groups attached to an aromatic ring is 2. The zero-order chi connectivity index (χ0) is 42.6. The summed E-state index contributed by atoms with van der Waals surface area (Å²) in [4.78, 5) is 75.9. The summed E-state index contributed by atoms with van der Waals surface area (Å²) in [7, 11) is -10.6. The molecule has 3 aliphatic rings. The molecule has 0 amide bonds. The molecular formula is C29H38N10O18P2. The van der Waals surface area contributed by atoms with Crippen LogP contribution in [-0.2, 0) is 41.4 Å². The number of aromatic nitrogens is 8. The van der Waals surface area contributed by atoms with Crippen molar-refractivity contribution in [2.75, 3.05) is 31.3 Å². The molecule has 3 fully saturated rings. The summed E-state index contributed by atoms with van der Waals surface area (Å²) >= 11 is 0. The second-order valence-corrected chi connectivity index (χ2v) is 16.3. The number of anilines is 2. The Bertz CT molecular complexity index is 2470. The zero-order valence-corrected chi connectivity index (χ0v) is 32.1. The lowest BCUT2D eigenvalue weighted by Crippen LogP contribution is -2.38. The second-order valence-electron chi connectivity index (χ2n) is 13.5. The van der Waals surface area contributed by atoms with E-state index in [1.54, 1.807) is 0 Å². The number of aryl methyl sites for hydroxylation is 1. The van der Waals surface area contributed by atoms with Gasteiger partial charge in [-0.05, 0) is 13.0 Å². The van der Waals surface area contributed by atoms with Crippen LogP contribution in [0.15, 0.2) is 45.5 Å².